The summed E-state index contributed by atoms with van der Waals surface area (Å²) in [6, 6.07) is 10.5. The van der Waals surface area contributed by atoms with Crippen molar-refractivity contribution in [1.29, 1.82) is 0 Å². The maximum Gasteiger partial charge on any atom is 0.262 e. The molecule has 41 heavy (non-hydrogen) atoms. The molecule has 1 amide bonds. The van der Waals surface area contributed by atoms with Crippen LogP contribution in [0.25, 0.3) is 0 Å². The Morgan fingerprint density at radius 2 is 1.93 bits per heavy atom. The van der Waals surface area contributed by atoms with Gasteiger partial charge < -0.3 is 30.0 Å². The Kier molecular flexibility index (Phi) is 8.57. The van der Waals surface area contributed by atoms with Gasteiger partial charge in [0.25, 0.3) is 5.91 Å². The Morgan fingerprint density at radius 3 is 2.68 bits per heavy atom. The SMILES string of the molecule is CNS(=O)(=O)c1cccc(OC[C@@H](O)CNC2COC3(CCN(S(=O)(=O)c4ccc5c(c4)NC(=O)CO5)CC3)C2)c1. The molecule has 2 saturated heterocycles. The van der Waals surface area contributed by atoms with Crippen molar-refractivity contribution in [3.63, 3.8) is 0 Å². The number of hydrogen-bond acceptors (Lipinski definition) is 10. The summed E-state index contributed by atoms with van der Waals surface area (Å²) in [7, 11) is -6.03. The molecule has 2 aromatic carbocycles. The van der Waals surface area contributed by atoms with Gasteiger partial charge in [-0.2, -0.15) is 4.31 Å². The van der Waals surface area contributed by atoms with Crippen LogP contribution in [0.1, 0.15) is 19.3 Å². The van der Waals surface area contributed by atoms with Crippen LogP contribution in [0, 0.1) is 0 Å². The number of fused-ring (bicyclic) bond motifs is 1. The van der Waals surface area contributed by atoms with Gasteiger partial charge >= 0.3 is 0 Å². The number of carbonyl (C=O) groups is 1. The molecule has 1 spiro atoms. The highest BCUT2D eigenvalue weighted by Crippen LogP contribution is 2.38. The standard InChI is InChI=1S/C26H34N4O9S2/c1-27-40(33,34)21-4-2-3-20(11-21)37-16-19(31)14-28-18-13-26(39-15-18)7-9-30(10-8-26)41(35,36)22-5-6-24-23(12-22)29-25(32)17-38-24/h2-6,11-12,18-19,27-28,31H,7-10,13-17H2,1H3,(H,29,32)/t18?,19-/m0/s1. The van der Waals surface area contributed by atoms with Crippen LogP contribution in [0.4, 0.5) is 5.69 Å². The molecule has 0 radical (unpaired) electrons. The summed E-state index contributed by atoms with van der Waals surface area (Å²) in [5.74, 6) is 0.435. The lowest BCUT2D eigenvalue weighted by Crippen LogP contribution is -2.47. The van der Waals surface area contributed by atoms with Crippen LogP contribution in [0.5, 0.6) is 11.5 Å². The summed E-state index contributed by atoms with van der Waals surface area (Å²) in [5.41, 5.74) is -0.103. The molecule has 224 valence electrons. The fraction of sp³-hybridized carbons (Fsp3) is 0.500. The van der Waals surface area contributed by atoms with Crippen molar-refractivity contribution in [2.75, 3.05) is 51.8 Å². The zero-order valence-electron chi connectivity index (χ0n) is 22.5. The van der Waals surface area contributed by atoms with Crippen LogP contribution in [0.15, 0.2) is 52.3 Å². The number of piperidine rings is 1. The highest BCUT2D eigenvalue weighted by atomic mass is 32.2. The molecule has 2 atom stereocenters. The van der Waals surface area contributed by atoms with Gasteiger partial charge in [0, 0.05) is 31.7 Å². The summed E-state index contributed by atoms with van der Waals surface area (Å²) in [4.78, 5) is 11.8. The van der Waals surface area contributed by atoms with Crippen LogP contribution >= 0.6 is 0 Å². The van der Waals surface area contributed by atoms with E-state index >= 15 is 0 Å². The van der Waals surface area contributed by atoms with Crippen LogP contribution in [-0.2, 0) is 29.6 Å². The van der Waals surface area contributed by atoms with Crippen molar-refractivity contribution in [3.05, 3.63) is 42.5 Å². The summed E-state index contributed by atoms with van der Waals surface area (Å²) in [6.45, 7) is 1.16. The monoisotopic (exact) mass is 610 g/mol. The average Bonchev–Trinajstić information content (AvgIpc) is 3.36. The van der Waals surface area contributed by atoms with Crippen molar-refractivity contribution in [1.82, 2.24) is 14.3 Å². The first-order valence-electron chi connectivity index (χ1n) is 13.3. The van der Waals surface area contributed by atoms with E-state index in [1.165, 1.54) is 35.6 Å². The summed E-state index contributed by atoms with van der Waals surface area (Å²) in [6.07, 6.45) is 0.912. The van der Waals surface area contributed by atoms with Gasteiger partial charge in [-0.05, 0) is 56.6 Å². The third-order valence-electron chi connectivity index (χ3n) is 7.53. The number of aliphatic hydroxyl groups is 1. The smallest absolute Gasteiger partial charge is 0.262 e. The Balaban J connectivity index is 1.09. The molecule has 3 aliphatic heterocycles. The van der Waals surface area contributed by atoms with E-state index in [1.54, 1.807) is 18.2 Å². The van der Waals surface area contributed by atoms with E-state index < -0.39 is 31.8 Å². The van der Waals surface area contributed by atoms with Gasteiger partial charge in [0.2, 0.25) is 20.0 Å². The first-order chi connectivity index (χ1) is 19.5. The Bertz CT molecular complexity index is 1490. The van der Waals surface area contributed by atoms with Crippen LogP contribution in [0.2, 0.25) is 0 Å². The molecule has 4 N–H and O–H groups in total. The average molecular weight is 611 g/mol. The van der Waals surface area contributed by atoms with Gasteiger partial charge in [0.15, 0.2) is 6.61 Å². The van der Waals surface area contributed by atoms with Crippen LogP contribution in [0.3, 0.4) is 0 Å². The summed E-state index contributed by atoms with van der Waals surface area (Å²) >= 11 is 0. The van der Waals surface area contributed by atoms with Crippen molar-refractivity contribution in [2.45, 2.75) is 46.8 Å². The number of hydrogen-bond donors (Lipinski definition) is 4. The Hall–Kier alpha value is -2.79. The molecule has 2 aromatic rings. The fourth-order valence-corrected chi connectivity index (χ4v) is 7.47. The number of amides is 1. The molecule has 3 heterocycles. The van der Waals surface area contributed by atoms with Gasteiger partial charge in [-0.1, -0.05) is 6.07 Å². The predicted octanol–water partition coefficient (Wildman–Crippen LogP) is 0.267. The van der Waals surface area contributed by atoms with Gasteiger partial charge in [-0.25, -0.2) is 21.6 Å². The molecule has 0 aromatic heterocycles. The van der Waals surface area contributed by atoms with Gasteiger partial charge in [0.05, 0.1) is 27.7 Å². The molecule has 3 aliphatic rings. The maximum atomic E-state index is 13.3. The topological polar surface area (TPSA) is 173 Å². The number of aliphatic hydroxyl groups excluding tert-OH is 1. The maximum absolute atomic E-state index is 13.3. The zero-order chi connectivity index (χ0) is 29.3. The van der Waals surface area contributed by atoms with E-state index in [0.29, 0.717) is 56.1 Å². The van der Waals surface area contributed by atoms with E-state index in [9.17, 15) is 26.7 Å². The molecular formula is C26H34N4O9S2. The minimum Gasteiger partial charge on any atom is -0.491 e. The molecule has 15 heteroatoms. The lowest BCUT2D eigenvalue weighted by atomic mass is 9.88. The number of nitrogens with one attached hydrogen (secondary N) is 3. The number of benzene rings is 2. The third kappa shape index (κ3) is 6.66. The van der Waals surface area contributed by atoms with E-state index in [-0.39, 0.29) is 41.5 Å². The third-order valence-corrected chi connectivity index (χ3v) is 10.8. The number of ether oxygens (including phenoxy) is 3. The number of anilines is 1. The second kappa shape index (κ2) is 11.8. The summed E-state index contributed by atoms with van der Waals surface area (Å²) < 4.78 is 71.3. The van der Waals surface area contributed by atoms with E-state index in [2.05, 4.69) is 15.4 Å². The Labute approximate surface area is 239 Å². The Morgan fingerprint density at radius 1 is 1.15 bits per heavy atom. The van der Waals surface area contributed by atoms with E-state index in [0.717, 1.165) is 0 Å². The van der Waals surface area contributed by atoms with Crippen LogP contribution < -0.4 is 24.8 Å². The molecule has 13 nitrogen and oxygen atoms in total. The van der Waals surface area contributed by atoms with Gasteiger partial charge in [-0.3, -0.25) is 4.79 Å². The molecule has 2 fully saturated rings. The predicted molar refractivity (Wildman–Crippen MR) is 148 cm³/mol. The van der Waals surface area contributed by atoms with Crippen molar-refractivity contribution < 1.29 is 40.9 Å². The first kappa shape index (κ1) is 29.7. The van der Waals surface area contributed by atoms with E-state index in [1.807, 2.05) is 0 Å². The minimum atomic E-state index is -3.76. The fourth-order valence-electron chi connectivity index (χ4n) is 5.23. The largest absolute Gasteiger partial charge is 0.491 e. The van der Waals surface area contributed by atoms with Crippen LogP contribution in [-0.4, -0.2) is 96.4 Å². The first-order valence-corrected chi connectivity index (χ1v) is 16.2. The molecule has 0 aliphatic carbocycles. The summed E-state index contributed by atoms with van der Waals surface area (Å²) in [5, 5.41) is 16.3. The van der Waals surface area contributed by atoms with Crippen molar-refractivity contribution in [3.8, 4) is 11.5 Å². The highest BCUT2D eigenvalue weighted by molar-refractivity contribution is 7.89. The highest BCUT2D eigenvalue weighted by Gasteiger charge is 2.44. The second-order valence-corrected chi connectivity index (χ2v) is 14.2. The number of sulfonamides is 2. The molecule has 5 rings (SSSR count). The van der Waals surface area contributed by atoms with Gasteiger partial charge in [0.1, 0.15) is 24.2 Å². The number of carbonyl (C=O) groups excluding carboxylic acids is 1. The molecule has 0 saturated carbocycles. The molecule has 1 unspecified atom stereocenters. The quantitative estimate of drug-likeness (QED) is 0.293. The van der Waals surface area contributed by atoms with E-state index in [4.69, 9.17) is 14.2 Å². The van der Waals surface area contributed by atoms with Gasteiger partial charge in [-0.15, -0.1) is 0 Å². The molecule has 0 bridgehead atoms. The zero-order valence-corrected chi connectivity index (χ0v) is 24.2. The normalized spacial score (nSPS) is 21.6. The number of nitrogens with zero attached hydrogens (tertiary/aromatic N) is 1. The van der Waals surface area contributed by atoms with Crippen molar-refractivity contribution >= 4 is 31.6 Å². The molecular weight excluding hydrogens is 576 g/mol. The second-order valence-electron chi connectivity index (χ2n) is 10.3. The minimum absolute atomic E-state index is 0.0128. The number of rotatable bonds is 10. The van der Waals surface area contributed by atoms with Crippen molar-refractivity contribution in [2.24, 2.45) is 0 Å². The lowest BCUT2D eigenvalue weighted by molar-refractivity contribution is -0.118. The lowest BCUT2D eigenvalue weighted by Gasteiger charge is -2.38.